The van der Waals surface area contributed by atoms with Gasteiger partial charge >= 0.3 is 5.97 Å². The molecule has 2 N–H and O–H groups in total. The average Bonchev–Trinajstić information content (AvgIpc) is 3.08. The van der Waals surface area contributed by atoms with E-state index in [4.69, 9.17) is 10.2 Å². The van der Waals surface area contributed by atoms with Crippen molar-refractivity contribution >= 4 is 18.1 Å². The Kier molecular flexibility index (Phi) is 15.8. The summed E-state index contributed by atoms with van der Waals surface area (Å²) in [4.78, 5) is 33.2. The minimum Gasteiger partial charge on any atom is -0.480 e. The van der Waals surface area contributed by atoms with Gasteiger partial charge in [-0.05, 0) is 13.2 Å². The lowest BCUT2D eigenvalue weighted by molar-refractivity contribution is -0.137. The molecule has 9 nitrogen and oxygen atoms in total. The number of nitrogens with zero attached hydrogens (tertiary/aromatic N) is 5. The van der Waals surface area contributed by atoms with Crippen molar-refractivity contribution in [1.29, 1.82) is 0 Å². The van der Waals surface area contributed by atoms with Gasteiger partial charge in [0.15, 0.2) is 0 Å². The molecule has 148 valence electrons. The third kappa shape index (κ3) is 9.70. The van der Waals surface area contributed by atoms with E-state index >= 15 is 0 Å². The summed E-state index contributed by atoms with van der Waals surface area (Å²) in [7, 11) is 4.47. The van der Waals surface area contributed by atoms with Crippen molar-refractivity contribution in [1.82, 2.24) is 19.4 Å². The Hall–Kier alpha value is -2.52. The van der Waals surface area contributed by atoms with Crippen molar-refractivity contribution in [3.8, 4) is 0 Å². The topological polar surface area (TPSA) is 111 Å². The van der Waals surface area contributed by atoms with Crippen LogP contribution in [0.3, 0.4) is 0 Å². The number of rotatable bonds is 9. The number of amidine groups is 1. The molecule has 0 bridgehead atoms. The number of aliphatic imine (C=N–C) groups is 1. The standard InChI is InChI=1S/C14H21N5O3.C2H6.CH4O/c1-4-18(11-14(21)22)12(15-2)9-17(3)10-13-16-5-6-19(13)7-8-20;2*1-2/h4-6,8H,1,7,9-11H2,2-3H3,(H,21,22);1-2H3;2H,1H3. The highest BCUT2D eigenvalue weighted by Gasteiger charge is 2.15. The lowest BCUT2D eigenvalue weighted by atomic mass is 10.4. The van der Waals surface area contributed by atoms with Gasteiger partial charge in [-0.1, -0.05) is 20.4 Å². The van der Waals surface area contributed by atoms with Crippen LogP contribution in [0.1, 0.15) is 19.7 Å². The summed E-state index contributed by atoms with van der Waals surface area (Å²) in [5.74, 6) is 0.395. The largest absolute Gasteiger partial charge is 0.480 e. The summed E-state index contributed by atoms with van der Waals surface area (Å²) in [5, 5.41) is 15.9. The maximum atomic E-state index is 10.8. The molecule has 0 unspecified atom stereocenters. The quantitative estimate of drug-likeness (QED) is 0.374. The van der Waals surface area contributed by atoms with Crippen LogP contribution < -0.4 is 0 Å². The molecule has 0 saturated heterocycles. The highest BCUT2D eigenvalue weighted by Crippen LogP contribution is 2.03. The number of hydrogen-bond donors (Lipinski definition) is 2. The molecule has 1 aromatic heterocycles. The van der Waals surface area contributed by atoms with E-state index in [9.17, 15) is 9.59 Å². The molecular weight excluding hydrogens is 338 g/mol. The third-order valence-corrected chi connectivity index (χ3v) is 3.01. The molecule has 0 aliphatic carbocycles. The van der Waals surface area contributed by atoms with Crippen molar-refractivity contribution in [3.63, 3.8) is 0 Å². The van der Waals surface area contributed by atoms with Crippen LogP contribution in [-0.4, -0.2) is 81.9 Å². The minimum atomic E-state index is -0.953. The number of aldehydes is 1. The van der Waals surface area contributed by atoms with E-state index in [1.54, 1.807) is 24.0 Å². The molecule has 1 heterocycles. The van der Waals surface area contributed by atoms with Crippen LogP contribution >= 0.6 is 0 Å². The van der Waals surface area contributed by atoms with Gasteiger partial charge in [0.2, 0.25) is 0 Å². The Morgan fingerprint density at radius 1 is 1.38 bits per heavy atom. The SMILES string of the molecule is C=CN(CC(=O)O)C(CN(C)Cc1nccn1CC=O)=NC.CC.CO. The van der Waals surface area contributed by atoms with E-state index in [1.165, 1.54) is 11.1 Å². The second-order valence-electron chi connectivity index (χ2n) is 4.68. The van der Waals surface area contributed by atoms with Crippen molar-refractivity contribution in [2.45, 2.75) is 26.9 Å². The van der Waals surface area contributed by atoms with Gasteiger partial charge < -0.3 is 24.5 Å². The van der Waals surface area contributed by atoms with Gasteiger partial charge in [0.25, 0.3) is 0 Å². The van der Waals surface area contributed by atoms with Crippen LogP contribution in [-0.2, 0) is 22.7 Å². The fourth-order valence-electron chi connectivity index (χ4n) is 1.97. The summed E-state index contributed by atoms with van der Waals surface area (Å²) in [6.07, 6.45) is 5.64. The second-order valence-corrected chi connectivity index (χ2v) is 4.68. The Balaban J connectivity index is 0. The van der Waals surface area contributed by atoms with E-state index in [-0.39, 0.29) is 13.1 Å². The average molecular weight is 369 g/mol. The summed E-state index contributed by atoms with van der Waals surface area (Å²) in [5.41, 5.74) is 0. The molecule has 26 heavy (non-hydrogen) atoms. The summed E-state index contributed by atoms with van der Waals surface area (Å²) in [6.45, 7) is 8.63. The predicted molar refractivity (Wildman–Crippen MR) is 102 cm³/mol. The molecule has 0 aliphatic rings. The van der Waals surface area contributed by atoms with E-state index in [0.717, 1.165) is 19.2 Å². The lowest BCUT2D eigenvalue weighted by Crippen LogP contribution is -2.38. The van der Waals surface area contributed by atoms with Crippen LogP contribution in [0.2, 0.25) is 0 Å². The molecule has 0 spiro atoms. The zero-order valence-corrected chi connectivity index (χ0v) is 16.3. The fraction of sp³-hybridized carbons (Fsp3) is 0.529. The van der Waals surface area contributed by atoms with Gasteiger partial charge in [-0.15, -0.1) is 0 Å². The summed E-state index contributed by atoms with van der Waals surface area (Å²) >= 11 is 0. The molecule has 1 rings (SSSR count). The van der Waals surface area contributed by atoms with Gasteiger partial charge in [0.05, 0.1) is 19.6 Å². The lowest BCUT2D eigenvalue weighted by Gasteiger charge is -2.24. The summed E-state index contributed by atoms with van der Waals surface area (Å²) < 4.78 is 1.76. The van der Waals surface area contributed by atoms with Crippen molar-refractivity contribution in [2.24, 2.45) is 4.99 Å². The Bertz CT molecular complexity index is 557. The Morgan fingerprint density at radius 3 is 2.46 bits per heavy atom. The number of aliphatic hydroxyl groups is 1. The molecule has 0 aromatic carbocycles. The van der Waals surface area contributed by atoms with Gasteiger partial charge in [-0.25, -0.2) is 4.98 Å². The van der Waals surface area contributed by atoms with Crippen LogP contribution in [0.15, 0.2) is 30.2 Å². The number of carbonyl (C=O) groups is 2. The maximum absolute atomic E-state index is 10.8. The molecule has 0 aliphatic heterocycles. The summed E-state index contributed by atoms with van der Waals surface area (Å²) in [6, 6.07) is 0. The van der Waals surface area contributed by atoms with E-state index in [1.807, 2.05) is 25.8 Å². The zero-order valence-electron chi connectivity index (χ0n) is 16.3. The first-order chi connectivity index (χ1) is 12.5. The molecule has 0 saturated carbocycles. The number of aliphatic hydroxyl groups excluding tert-OH is 1. The highest BCUT2D eigenvalue weighted by atomic mass is 16.4. The first-order valence-electron chi connectivity index (χ1n) is 8.15. The maximum Gasteiger partial charge on any atom is 0.323 e. The van der Waals surface area contributed by atoms with Gasteiger partial charge in [0, 0.05) is 26.6 Å². The monoisotopic (exact) mass is 369 g/mol. The molecule has 0 amide bonds. The molecule has 0 radical (unpaired) electrons. The number of hydrogen-bond acceptors (Lipinski definition) is 6. The van der Waals surface area contributed by atoms with Crippen LogP contribution in [0.25, 0.3) is 0 Å². The number of carboxylic acids is 1. The van der Waals surface area contributed by atoms with Crippen molar-refractivity contribution in [3.05, 3.63) is 31.0 Å². The first kappa shape index (κ1) is 25.7. The number of likely N-dealkylation sites (N-methyl/N-ethyl adjacent to an activating group) is 1. The van der Waals surface area contributed by atoms with E-state index in [2.05, 4.69) is 16.6 Å². The van der Waals surface area contributed by atoms with Gasteiger partial charge in [-0.3, -0.25) is 14.7 Å². The molecule has 9 heteroatoms. The van der Waals surface area contributed by atoms with E-state index in [0.29, 0.717) is 18.9 Å². The Morgan fingerprint density at radius 2 is 2.00 bits per heavy atom. The van der Waals surface area contributed by atoms with Crippen LogP contribution in [0.4, 0.5) is 0 Å². The number of aromatic nitrogens is 2. The fourth-order valence-corrected chi connectivity index (χ4v) is 1.97. The van der Waals surface area contributed by atoms with Crippen molar-refractivity contribution < 1.29 is 19.8 Å². The third-order valence-electron chi connectivity index (χ3n) is 3.01. The van der Waals surface area contributed by atoms with Gasteiger partial charge in [0.1, 0.15) is 24.5 Å². The predicted octanol–water partition coefficient (Wildman–Crippen LogP) is 0.707. The second kappa shape index (κ2) is 16.0. The highest BCUT2D eigenvalue weighted by molar-refractivity contribution is 5.88. The van der Waals surface area contributed by atoms with Crippen molar-refractivity contribution in [2.75, 3.05) is 34.3 Å². The van der Waals surface area contributed by atoms with E-state index < -0.39 is 5.97 Å². The number of aliphatic carboxylic acids is 1. The zero-order chi connectivity index (χ0) is 20.5. The number of imidazole rings is 1. The normalized spacial score (nSPS) is 10.2. The molecular formula is C17H31N5O4. The Labute approximate surface area is 155 Å². The molecule has 0 atom stereocenters. The van der Waals surface area contributed by atoms with Gasteiger partial charge in [-0.2, -0.15) is 0 Å². The smallest absolute Gasteiger partial charge is 0.323 e. The number of carboxylic acid groups (broad SMARTS) is 1. The number of carbonyl (C=O) groups excluding carboxylic acids is 1. The first-order valence-corrected chi connectivity index (χ1v) is 8.15. The molecule has 0 fully saturated rings. The minimum absolute atomic E-state index is 0.191. The molecule has 1 aromatic rings. The van der Waals surface area contributed by atoms with Crippen LogP contribution in [0, 0.1) is 0 Å². The van der Waals surface area contributed by atoms with Crippen LogP contribution in [0.5, 0.6) is 0 Å².